The number of aryl methyl sites for hydroxylation is 1. The van der Waals surface area contributed by atoms with E-state index in [1.165, 1.54) is 5.56 Å². The Bertz CT molecular complexity index is 554. The molecule has 19 heavy (non-hydrogen) atoms. The standard InChI is InChI=1S/C16H18ClNO/c1-3-18-11-13-5-4-6-14(10-13)19-16-8-7-12(2)9-15(16)17/h4-10,18H,3,11H2,1-2H3. The Hall–Kier alpha value is -1.51. The van der Waals surface area contributed by atoms with Gasteiger partial charge in [0.05, 0.1) is 5.02 Å². The first kappa shape index (κ1) is 13.9. The summed E-state index contributed by atoms with van der Waals surface area (Å²) >= 11 is 6.17. The van der Waals surface area contributed by atoms with E-state index in [2.05, 4.69) is 18.3 Å². The zero-order valence-electron chi connectivity index (χ0n) is 11.2. The van der Waals surface area contributed by atoms with Crippen molar-refractivity contribution >= 4 is 11.6 Å². The van der Waals surface area contributed by atoms with E-state index in [4.69, 9.17) is 16.3 Å². The van der Waals surface area contributed by atoms with Crippen molar-refractivity contribution in [2.75, 3.05) is 6.54 Å². The van der Waals surface area contributed by atoms with Crippen LogP contribution >= 0.6 is 11.6 Å². The lowest BCUT2D eigenvalue weighted by Crippen LogP contribution is -2.11. The van der Waals surface area contributed by atoms with Gasteiger partial charge in [0.1, 0.15) is 11.5 Å². The van der Waals surface area contributed by atoms with E-state index in [9.17, 15) is 0 Å². The first-order valence-electron chi connectivity index (χ1n) is 6.42. The Morgan fingerprint density at radius 3 is 2.74 bits per heavy atom. The maximum atomic E-state index is 6.17. The predicted molar refractivity (Wildman–Crippen MR) is 80.1 cm³/mol. The van der Waals surface area contributed by atoms with Gasteiger partial charge in [0.25, 0.3) is 0 Å². The Kier molecular flexibility index (Phi) is 4.83. The Morgan fingerprint density at radius 2 is 2.00 bits per heavy atom. The lowest BCUT2D eigenvalue weighted by molar-refractivity contribution is 0.481. The average molecular weight is 276 g/mol. The van der Waals surface area contributed by atoms with Gasteiger partial charge in [-0.25, -0.2) is 0 Å². The van der Waals surface area contributed by atoms with Crippen molar-refractivity contribution in [1.29, 1.82) is 0 Å². The number of hydrogen-bond acceptors (Lipinski definition) is 2. The summed E-state index contributed by atoms with van der Waals surface area (Å²) in [7, 11) is 0. The molecule has 2 aromatic rings. The first-order valence-corrected chi connectivity index (χ1v) is 6.80. The van der Waals surface area contributed by atoms with Crippen LogP contribution in [0.4, 0.5) is 0 Å². The van der Waals surface area contributed by atoms with Crippen LogP contribution in [0.15, 0.2) is 42.5 Å². The zero-order chi connectivity index (χ0) is 13.7. The van der Waals surface area contributed by atoms with Gasteiger partial charge in [0.2, 0.25) is 0 Å². The van der Waals surface area contributed by atoms with Crippen molar-refractivity contribution in [3.05, 3.63) is 58.6 Å². The molecule has 0 heterocycles. The van der Waals surface area contributed by atoms with Crippen molar-refractivity contribution in [2.24, 2.45) is 0 Å². The van der Waals surface area contributed by atoms with Crippen LogP contribution in [0.25, 0.3) is 0 Å². The minimum Gasteiger partial charge on any atom is -0.456 e. The van der Waals surface area contributed by atoms with Gasteiger partial charge in [-0.2, -0.15) is 0 Å². The van der Waals surface area contributed by atoms with E-state index in [-0.39, 0.29) is 0 Å². The summed E-state index contributed by atoms with van der Waals surface area (Å²) in [6.07, 6.45) is 0. The number of rotatable bonds is 5. The number of halogens is 1. The third-order valence-electron chi connectivity index (χ3n) is 2.79. The maximum Gasteiger partial charge on any atom is 0.146 e. The highest BCUT2D eigenvalue weighted by molar-refractivity contribution is 6.32. The second kappa shape index (κ2) is 6.60. The lowest BCUT2D eigenvalue weighted by Gasteiger charge is -2.10. The molecular weight excluding hydrogens is 258 g/mol. The summed E-state index contributed by atoms with van der Waals surface area (Å²) in [5.41, 5.74) is 2.32. The van der Waals surface area contributed by atoms with Crippen LogP contribution in [-0.4, -0.2) is 6.54 Å². The summed E-state index contributed by atoms with van der Waals surface area (Å²) in [6, 6.07) is 13.8. The number of benzene rings is 2. The van der Waals surface area contributed by atoms with Crippen molar-refractivity contribution in [3.8, 4) is 11.5 Å². The molecule has 2 rings (SSSR count). The monoisotopic (exact) mass is 275 g/mol. The van der Waals surface area contributed by atoms with Crippen LogP contribution in [0.1, 0.15) is 18.1 Å². The third kappa shape index (κ3) is 3.98. The Balaban J connectivity index is 2.14. The molecule has 0 saturated carbocycles. The van der Waals surface area contributed by atoms with E-state index >= 15 is 0 Å². The van der Waals surface area contributed by atoms with E-state index in [1.807, 2.05) is 43.3 Å². The fourth-order valence-electron chi connectivity index (χ4n) is 1.80. The molecule has 1 N–H and O–H groups in total. The molecule has 0 bridgehead atoms. The van der Waals surface area contributed by atoms with E-state index in [0.717, 1.165) is 24.4 Å². The quantitative estimate of drug-likeness (QED) is 0.864. The van der Waals surface area contributed by atoms with Gasteiger partial charge in [0.15, 0.2) is 0 Å². The molecule has 2 nitrogen and oxygen atoms in total. The Morgan fingerprint density at radius 1 is 1.16 bits per heavy atom. The normalized spacial score (nSPS) is 10.5. The largest absolute Gasteiger partial charge is 0.456 e. The molecule has 0 atom stereocenters. The van der Waals surface area contributed by atoms with Crippen molar-refractivity contribution in [3.63, 3.8) is 0 Å². The van der Waals surface area contributed by atoms with E-state index in [0.29, 0.717) is 10.8 Å². The molecule has 0 spiro atoms. The van der Waals surface area contributed by atoms with Crippen molar-refractivity contribution < 1.29 is 4.74 Å². The molecule has 0 saturated heterocycles. The van der Waals surface area contributed by atoms with Crippen LogP contribution in [-0.2, 0) is 6.54 Å². The molecule has 0 aliphatic rings. The number of nitrogens with one attached hydrogen (secondary N) is 1. The molecule has 0 fully saturated rings. The van der Waals surface area contributed by atoms with Crippen LogP contribution in [0.2, 0.25) is 5.02 Å². The zero-order valence-corrected chi connectivity index (χ0v) is 12.0. The summed E-state index contributed by atoms with van der Waals surface area (Å²) in [4.78, 5) is 0. The molecule has 100 valence electrons. The molecule has 0 aliphatic carbocycles. The molecule has 0 amide bonds. The SMILES string of the molecule is CCNCc1cccc(Oc2ccc(C)cc2Cl)c1. The van der Waals surface area contributed by atoms with Crippen molar-refractivity contribution in [1.82, 2.24) is 5.32 Å². The van der Waals surface area contributed by atoms with Gasteiger partial charge in [-0.05, 0) is 48.9 Å². The Labute approximate surface area is 119 Å². The lowest BCUT2D eigenvalue weighted by atomic mass is 10.2. The highest BCUT2D eigenvalue weighted by Crippen LogP contribution is 2.30. The fraction of sp³-hybridized carbons (Fsp3) is 0.250. The molecule has 3 heteroatoms. The topological polar surface area (TPSA) is 21.3 Å². The summed E-state index contributed by atoms with van der Waals surface area (Å²) in [5.74, 6) is 1.49. The molecule has 0 radical (unpaired) electrons. The van der Waals surface area contributed by atoms with Crippen molar-refractivity contribution in [2.45, 2.75) is 20.4 Å². The van der Waals surface area contributed by atoms with E-state index < -0.39 is 0 Å². The van der Waals surface area contributed by atoms with Gasteiger partial charge in [0, 0.05) is 6.54 Å². The maximum absolute atomic E-state index is 6.17. The van der Waals surface area contributed by atoms with Gasteiger partial charge in [-0.3, -0.25) is 0 Å². The van der Waals surface area contributed by atoms with Gasteiger partial charge in [-0.15, -0.1) is 0 Å². The molecule has 2 aromatic carbocycles. The van der Waals surface area contributed by atoms with Crippen LogP contribution in [0, 0.1) is 6.92 Å². The summed E-state index contributed by atoms with van der Waals surface area (Å²) in [5, 5.41) is 3.93. The number of ether oxygens (including phenoxy) is 1. The predicted octanol–water partition coefficient (Wildman–Crippen LogP) is 4.55. The van der Waals surface area contributed by atoms with Crippen LogP contribution in [0.3, 0.4) is 0 Å². The minimum atomic E-state index is 0.636. The highest BCUT2D eigenvalue weighted by Gasteiger charge is 2.04. The third-order valence-corrected chi connectivity index (χ3v) is 3.09. The average Bonchev–Trinajstić information content (AvgIpc) is 2.40. The van der Waals surface area contributed by atoms with Gasteiger partial charge >= 0.3 is 0 Å². The van der Waals surface area contributed by atoms with Crippen LogP contribution < -0.4 is 10.1 Å². The summed E-state index contributed by atoms with van der Waals surface area (Å²) < 4.78 is 5.83. The second-order valence-electron chi connectivity index (χ2n) is 4.46. The molecule has 0 aliphatic heterocycles. The van der Waals surface area contributed by atoms with Gasteiger partial charge < -0.3 is 10.1 Å². The highest BCUT2D eigenvalue weighted by atomic mass is 35.5. The second-order valence-corrected chi connectivity index (χ2v) is 4.87. The summed E-state index contributed by atoms with van der Waals surface area (Å²) in [6.45, 7) is 5.89. The molecule has 0 aromatic heterocycles. The van der Waals surface area contributed by atoms with E-state index in [1.54, 1.807) is 0 Å². The first-order chi connectivity index (χ1) is 9.19. The fourth-order valence-corrected chi connectivity index (χ4v) is 2.08. The number of hydrogen-bond donors (Lipinski definition) is 1. The minimum absolute atomic E-state index is 0.636. The van der Waals surface area contributed by atoms with Crippen LogP contribution in [0.5, 0.6) is 11.5 Å². The molecule has 0 unspecified atom stereocenters. The molecular formula is C16H18ClNO. The smallest absolute Gasteiger partial charge is 0.146 e. The van der Waals surface area contributed by atoms with Gasteiger partial charge in [-0.1, -0.05) is 36.7 Å².